The molecule has 4 rings (SSSR count). The highest BCUT2D eigenvalue weighted by atomic mass is 16.4. The molecule has 2 aromatic heterocycles. The van der Waals surface area contributed by atoms with Gasteiger partial charge >= 0.3 is 5.97 Å². The maximum Gasteiger partial charge on any atom is 0.335 e. The monoisotopic (exact) mass is 400 g/mol. The largest absolute Gasteiger partial charge is 0.478 e. The molecule has 4 aromatic rings. The number of hydrogen-bond donors (Lipinski definition) is 4. The number of carbonyl (C=O) groups excluding carboxylic acids is 1. The van der Waals surface area contributed by atoms with Crippen LogP contribution in [0.15, 0.2) is 67.0 Å². The Balaban J connectivity index is 1.69. The van der Waals surface area contributed by atoms with Crippen molar-refractivity contribution in [3.63, 3.8) is 0 Å². The van der Waals surface area contributed by atoms with Crippen LogP contribution >= 0.6 is 0 Å². The number of hydrogen-bond acceptors (Lipinski definition) is 4. The van der Waals surface area contributed by atoms with Gasteiger partial charge in [0.25, 0.3) is 0 Å². The Morgan fingerprint density at radius 3 is 2.57 bits per heavy atom. The molecule has 30 heavy (non-hydrogen) atoms. The lowest BCUT2D eigenvalue weighted by molar-refractivity contribution is -0.116. The van der Waals surface area contributed by atoms with Crippen molar-refractivity contribution in [1.82, 2.24) is 9.97 Å². The summed E-state index contributed by atoms with van der Waals surface area (Å²) in [7, 11) is 0. The van der Waals surface area contributed by atoms with Crippen LogP contribution in [0.4, 0.5) is 5.69 Å². The number of benzene rings is 2. The fourth-order valence-corrected chi connectivity index (χ4v) is 3.32. The lowest BCUT2D eigenvalue weighted by Crippen LogP contribution is -2.16. The second-order valence-corrected chi connectivity index (χ2v) is 6.87. The molecule has 150 valence electrons. The number of H-pyrrole nitrogens is 1. The van der Waals surface area contributed by atoms with Crippen molar-refractivity contribution in [1.29, 1.82) is 0 Å². The van der Waals surface area contributed by atoms with Crippen LogP contribution in [-0.2, 0) is 4.79 Å². The summed E-state index contributed by atoms with van der Waals surface area (Å²) in [5, 5.41) is 12.9. The second kappa shape index (κ2) is 8.18. The van der Waals surface area contributed by atoms with Gasteiger partial charge in [0.15, 0.2) is 0 Å². The average Bonchev–Trinajstić information content (AvgIpc) is 3.17. The summed E-state index contributed by atoms with van der Waals surface area (Å²) >= 11 is 0. The van der Waals surface area contributed by atoms with Crippen molar-refractivity contribution in [3.8, 4) is 22.3 Å². The summed E-state index contributed by atoms with van der Waals surface area (Å²) < 4.78 is 0. The molecule has 0 fully saturated rings. The van der Waals surface area contributed by atoms with E-state index in [1.165, 1.54) is 0 Å². The van der Waals surface area contributed by atoms with E-state index in [1.54, 1.807) is 30.5 Å². The third-order valence-electron chi connectivity index (χ3n) is 4.83. The van der Waals surface area contributed by atoms with Gasteiger partial charge in [0.05, 0.1) is 5.56 Å². The third kappa shape index (κ3) is 3.92. The van der Waals surface area contributed by atoms with Gasteiger partial charge in [0.2, 0.25) is 5.91 Å². The number of anilines is 1. The average molecular weight is 400 g/mol. The highest BCUT2D eigenvalue weighted by Gasteiger charge is 2.11. The molecule has 0 radical (unpaired) electrons. The van der Waals surface area contributed by atoms with E-state index in [1.807, 2.05) is 36.5 Å². The Bertz CT molecular complexity index is 1230. The zero-order valence-corrected chi connectivity index (χ0v) is 16.1. The van der Waals surface area contributed by atoms with Crippen molar-refractivity contribution in [2.75, 3.05) is 11.9 Å². The number of pyridine rings is 1. The van der Waals surface area contributed by atoms with Gasteiger partial charge in [-0.1, -0.05) is 24.3 Å². The summed E-state index contributed by atoms with van der Waals surface area (Å²) in [6.07, 6.45) is 3.91. The molecule has 0 spiro atoms. The number of rotatable bonds is 6. The lowest BCUT2D eigenvalue weighted by atomic mass is 10.0. The molecule has 2 heterocycles. The summed E-state index contributed by atoms with van der Waals surface area (Å²) in [6.45, 7) is 0.301. The van der Waals surface area contributed by atoms with Gasteiger partial charge in [-0.15, -0.1) is 0 Å². The van der Waals surface area contributed by atoms with Crippen LogP contribution < -0.4 is 11.1 Å². The van der Waals surface area contributed by atoms with Gasteiger partial charge in [0.1, 0.15) is 5.65 Å². The Morgan fingerprint density at radius 2 is 1.83 bits per heavy atom. The molecule has 7 heteroatoms. The van der Waals surface area contributed by atoms with Crippen molar-refractivity contribution >= 4 is 28.6 Å². The number of nitrogens with zero attached hydrogens (tertiary/aromatic N) is 1. The van der Waals surface area contributed by atoms with Crippen LogP contribution in [0.5, 0.6) is 0 Å². The number of amides is 1. The molecule has 0 bridgehead atoms. The minimum Gasteiger partial charge on any atom is -0.478 e. The lowest BCUT2D eigenvalue weighted by Gasteiger charge is -2.08. The molecule has 2 aromatic carbocycles. The number of aromatic carboxylic acids is 1. The number of aromatic amines is 1. The minimum atomic E-state index is -0.956. The number of nitrogens with one attached hydrogen (secondary N) is 2. The standard InChI is InChI=1S/C23H20N4O3/c24-9-8-21(28)27-18-3-1-2-16(10-18)17-11-19-20(13-26-22(19)25-12-17)14-4-6-15(7-5-14)23(29)30/h1-7,10-13H,8-9,24H2,(H,25,26)(H,27,28)(H,29,30). The Morgan fingerprint density at radius 1 is 1.03 bits per heavy atom. The summed E-state index contributed by atoms with van der Waals surface area (Å²) in [4.78, 5) is 30.6. The fourth-order valence-electron chi connectivity index (χ4n) is 3.32. The first kappa shape index (κ1) is 19.4. The molecule has 0 saturated heterocycles. The topological polar surface area (TPSA) is 121 Å². The van der Waals surface area contributed by atoms with Gasteiger partial charge < -0.3 is 21.1 Å². The van der Waals surface area contributed by atoms with Crippen LogP contribution in [0.25, 0.3) is 33.3 Å². The predicted octanol–water partition coefficient (Wildman–Crippen LogP) is 3.88. The SMILES string of the molecule is NCCC(=O)Nc1cccc(-c2cnc3[nH]cc(-c4ccc(C(=O)O)cc4)c3c2)c1. The van der Waals surface area contributed by atoms with Crippen molar-refractivity contribution < 1.29 is 14.7 Å². The Kier molecular flexibility index (Phi) is 5.28. The van der Waals surface area contributed by atoms with Gasteiger partial charge in [0, 0.05) is 47.6 Å². The first-order valence-corrected chi connectivity index (χ1v) is 9.46. The van der Waals surface area contributed by atoms with Crippen molar-refractivity contribution in [2.24, 2.45) is 5.73 Å². The van der Waals surface area contributed by atoms with E-state index in [0.717, 1.165) is 33.3 Å². The number of nitrogens with two attached hydrogens (primary N) is 1. The van der Waals surface area contributed by atoms with Crippen LogP contribution in [0.1, 0.15) is 16.8 Å². The van der Waals surface area contributed by atoms with Gasteiger partial charge in [-0.3, -0.25) is 4.79 Å². The molecule has 1 amide bonds. The summed E-state index contributed by atoms with van der Waals surface area (Å²) in [5.74, 6) is -1.08. The van der Waals surface area contributed by atoms with Crippen LogP contribution in [0.3, 0.4) is 0 Å². The first-order valence-electron chi connectivity index (χ1n) is 9.46. The highest BCUT2D eigenvalue weighted by molar-refractivity contribution is 5.97. The normalized spacial score (nSPS) is 10.8. The molecule has 0 saturated carbocycles. The van der Waals surface area contributed by atoms with E-state index in [4.69, 9.17) is 10.8 Å². The van der Waals surface area contributed by atoms with Crippen molar-refractivity contribution in [3.05, 3.63) is 72.6 Å². The van der Waals surface area contributed by atoms with Gasteiger partial charge in [-0.25, -0.2) is 9.78 Å². The molecule has 0 aliphatic carbocycles. The van der Waals surface area contributed by atoms with Gasteiger partial charge in [-0.2, -0.15) is 0 Å². The smallest absolute Gasteiger partial charge is 0.335 e. The molecular weight excluding hydrogens is 380 g/mol. The molecule has 5 N–H and O–H groups in total. The maximum atomic E-state index is 11.8. The predicted molar refractivity (Wildman–Crippen MR) is 116 cm³/mol. The Hall–Kier alpha value is -3.97. The molecular formula is C23H20N4O3. The number of fused-ring (bicyclic) bond motifs is 1. The Labute approximate surface area is 172 Å². The quantitative estimate of drug-likeness (QED) is 0.391. The molecule has 0 aliphatic rings. The number of carboxylic acids is 1. The van der Waals surface area contributed by atoms with Crippen molar-refractivity contribution in [2.45, 2.75) is 6.42 Å². The first-order chi connectivity index (χ1) is 14.5. The number of aromatic nitrogens is 2. The third-order valence-corrected chi connectivity index (χ3v) is 4.83. The zero-order chi connectivity index (χ0) is 21.1. The highest BCUT2D eigenvalue weighted by Crippen LogP contribution is 2.31. The van der Waals surface area contributed by atoms with E-state index in [9.17, 15) is 9.59 Å². The molecule has 0 aliphatic heterocycles. The fraction of sp³-hybridized carbons (Fsp3) is 0.0870. The van der Waals surface area contributed by atoms with Crippen LogP contribution in [-0.4, -0.2) is 33.5 Å². The summed E-state index contributed by atoms with van der Waals surface area (Å²) in [5.41, 5.74) is 10.8. The molecule has 0 unspecified atom stereocenters. The molecule has 0 atom stereocenters. The van der Waals surface area contributed by atoms with E-state index >= 15 is 0 Å². The zero-order valence-electron chi connectivity index (χ0n) is 16.1. The molecule has 7 nitrogen and oxygen atoms in total. The van der Waals surface area contributed by atoms with Gasteiger partial charge in [-0.05, 0) is 41.5 Å². The number of carbonyl (C=O) groups is 2. The number of carboxylic acid groups (broad SMARTS) is 1. The minimum absolute atomic E-state index is 0.124. The van der Waals surface area contributed by atoms with E-state index in [0.29, 0.717) is 12.2 Å². The van der Waals surface area contributed by atoms with E-state index in [-0.39, 0.29) is 17.9 Å². The van der Waals surface area contributed by atoms with E-state index in [2.05, 4.69) is 15.3 Å². The van der Waals surface area contributed by atoms with Crippen LogP contribution in [0, 0.1) is 0 Å². The maximum absolute atomic E-state index is 11.8. The second-order valence-electron chi connectivity index (χ2n) is 6.87. The van der Waals surface area contributed by atoms with Crippen LogP contribution in [0.2, 0.25) is 0 Å². The van der Waals surface area contributed by atoms with E-state index < -0.39 is 5.97 Å². The summed E-state index contributed by atoms with van der Waals surface area (Å²) in [6, 6.07) is 16.3.